The first-order chi connectivity index (χ1) is 8.06. The average Bonchev–Trinajstić information content (AvgIpc) is 2.30. The predicted molar refractivity (Wildman–Crippen MR) is 63.0 cm³/mol. The van der Waals surface area contributed by atoms with Crippen LogP contribution in [0.5, 0.6) is 0 Å². The van der Waals surface area contributed by atoms with Crippen LogP contribution in [-0.4, -0.2) is 21.1 Å². The number of sulfonamides is 1. The number of benzene rings is 1. The van der Waals surface area contributed by atoms with Gasteiger partial charge in [-0.15, -0.1) is 0 Å². The van der Waals surface area contributed by atoms with Crippen molar-refractivity contribution in [1.82, 2.24) is 4.72 Å². The number of ether oxygens (including phenoxy) is 1. The van der Waals surface area contributed by atoms with Crippen LogP contribution in [0.2, 0.25) is 0 Å². The Kier molecular flexibility index (Phi) is 4.96. The second-order valence-electron chi connectivity index (χ2n) is 3.41. The zero-order valence-corrected chi connectivity index (χ0v) is 10.4. The van der Waals surface area contributed by atoms with Crippen molar-refractivity contribution in [1.29, 1.82) is 0 Å². The summed E-state index contributed by atoms with van der Waals surface area (Å²) < 4.78 is 29.9. The van der Waals surface area contributed by atoms with Gasteiger partial charge < -0.3 is 4.74 Å². The standard InChI is InChI=1S/C11H15NO4S/c1-2-3-9-16-11(13)12-17(14,15)10-7-5-4-6-8-10/h4-8H,2-3,9H2,1H3,(H,12,13). The monoisotopic (exact) mass is 257 g/mol. The fourth-order valence-corrected chi connectivity index (χ4v) is 2.02. The molecule has 1 amide bonds. The first-order valence-corrected chi connectivity index (χ1v) is 6.79. The van der Waals surface area contributed by atoms with Crippen LogP contribution in [0.15, 0.2) is 35.2 Å². The molecule has 5 nitrogen and oxygen atoms in total. The van der Waals surface area contributed by atoms with Crippen LogP contribution in [0.4, 0.5) is 4.79 Å². The fourth-order valence-electron chi connectivity index (χ4n) is 1.11. The topological polar surface area (TPSA) is 72.5 Å². The summed E-state index contributed by atoms with van der Waals surface area (Å²) in [7, 11) is -3.82. The smallest absolute Gasteiger partial charge is 0.421 e. The highest BCUT2D eigenvalue weighted by Crippen LogP contribution is 2.07. The molecular formula is C11H15NO4S. The maximum atomic E-state index is 11.7. The maximum absolute atomic E-state index is 11.7. The van der Waals surface area contributed by atoms with Crippen molar-refractivity contribution in [2.45, 2.75) is 24.7 Å². The molecule has 1 aromatic rings. The maximum Gasteiger partial charge on any atom is 0.421 e. The molecule has 0 fully saturated rings. The molecule has 0 bridgehead atoms. The van der Waals surface area contributed by atoms with Crippen molar-refractivity contribution >= 4 is 16.1 Å². The Balaban J connectivity index is 2.59. The first kappa shape index (κ1) is 13.5. The number of rotatable bonds is 5. The van der Waals surface area contributed by atoms with Gasteiger partial charge in [0, 0.05) is 0 Å². The van der Waals surface area contributed by atoms with Crippen LogP contribution < -0.4 is 4.72 Å². The highest BCUT2D eigenvalue weighted by Gasteiger charge is 2.17. The Morgan fingerprint density at radius 1 is 1.29 bits per heavy atom. The van der Waals surface area contributed by atoms with Gasteiger partial charge in [0.15, 0.2) is 0 Å². The molecule has 0 heterocycles. The van der Waals surface area contributed by atoms with E-state index in [2.05, 4.69) is 0 Å². The van der Waals surface area contributed by atoms with Crippen molar-refractivity contribution < 1.29 is 17.9 Å². The third-order valence-electron chi connectivity index (χ3n) is 2.00. The average molecular weight is 257 g/mol. The largest absolute Gasteiger partial charge is 0.449 e. The van der Waals surface area contributed by atoms with E-state index >= 15 is 0 Å². The van der Waals surface area contributed by atoms with Gasteiger partial charge in [-0.1, -0.05) is 31.5 Å². The number of nitrogens with one attached hydrogen (secondary N) is 1. The molecule has 0 aliphatic carbocycles. The number of unbranched alkanes of at least 4 members (excludes halogenated alkanes) is 1. The number of amides is 1. The fraction of sp³-hybridized carbons (Fsp3) is 0.364. The van der Waals surface area contributed by atoms with Crippen LogP contribution in [0.3, 0.4) is 0 Å². The molecular weight excluding hydrogens is 242 g/mol. The molecule has 94 valence electrons. The van der Waals surface area contributed by atoms with Gasteiger partial charge in [-0.3, -0.25) is 0 Å². The zero-order chi connectivity index (χ0) is 12.7. The van der Waals surface area contributed by atoms with Crippen molar-refractivity contribution in [2.75, 3.05) is 6.61 Å². The normalized spacial score (nSPS) is 10.9. The summed E-state index contributed by atoms with van der Waals surface area (Å²) in [6.07, 6.45) is 0.639. The SMILES string of the molecule is CCCCOC(=O)NS(=O)(=O)c1ccccc1. The molecule has 1 rings (SSSR count). The number of carbonyl (C=O) groups is 1. The van der Waals surface area contributed by atoms with Gasteiger partial charge in [-0.2, -0.15) is 0 Å². The molecule has 0 saturated carbocycles. The van der Waals surface area contributed by atoms with Crippen molar-refractivity contribution in [3.8, 4) is 0 Å². The summed E-state index contributed by atoms with van der Waals surface area (Å²) in [4.78, 5) is 11.2. The van der Waals surface area contributed by atoms with E-state index in [1.807, 2.05) is 11.6 Å². The van der Waals surface area contributed by atoms with E-state index in [4.69, 9.17) is 4.74 Å². The first-order valence-electron chi connectivity index (χ1n) is 5.31. The molecule has 0 aliphatic heterocycles. The number of hydrogen-bond donors (Lipinski definition) is 1. The lowest BCUT2D eigenvalue weighted by Gasteiger charge is -2.07. The van der Waals surface area contributed by atoms with Crippen LogP contribution in [0.1, 0.15) is 19.8 Å². The third kappa shape index (κ3) is 4.44. The number of carbonyl (C=O) groups excluding carboxylic acids is 1. The second-order valence-corrected chi connectivity index (χ2v) is 5.09. The Morgan fingerprint density at radius 3 is 2.53 bits per heavy atom. The molecule has 17 heavy (non-hydrogen) atoms. The van der Waals surface area contributed by atoms with Gasteiger partial charge in [0.05, 0.1) is 11.5 Å². The minimum absolute atomic E-state index is 0.0347. The summed E-state index contributed by atoms with van der Waals surface area (Å²) in [6.45, 7) is 2.16. The molecule has 6 heteroatoms. The Hall–Kier alpha value is -1.56. The quantitative estimate of drug-likeness (QED) is 0.818. The van der Waals surface area contributed by atoms with Crippen molar-refractivity contribution in [2.24, 2.45) is 0 Å². The van der Waals surface area contributed by atoms with Gasteiger partial charge in [0.1, 0.15) is 0 Å². The van der Waals surface area contributed by atoms with E-state index in [9.17, 15) is 13.2 Å². The zero-order valence-electron chi connectivity index (χ0n) is 9.55. The Morgan fingerprint density at radius 2 is 1.94 bits per heavy atom. The van der Waals surface area contributed by atoms with Crippen LogP contribution >= 0.6 is 0 Å². The van der Waals surface area contributed by atoms with E-state index in [1.54, 1.807) is 18.2 Å². The highest BCUT2D eigenvalue weighted by atomic mass is 32.2. The summed E-state index contributed by atoms with van der Waals surface area (Å²) in [5, 5.41) is 0. The van der Waals surface area contributed by atoms with Gasteiger partial charge >= 0.3 is 6.09 Å². The molecule has 0 atom stereocenters. The molecule has 0 aromatic heterocycles. The summed E-state index contributed by atoms with van der Waals surface area (Å²) in [5.74, 6) is 0. The molecule has 0 aliphatic rings. The summed E-state index contributed by atoms with van der Waals surface area (Å²) in [5.41, 5.74) is 0. The molecule has 1 aromatic carbocycles. The van der Waals surface area contributed by atoms with Gasteiger partial charge in [-0.05, 0) is 18.6 Å². The van der Waals surface area contributed by atoms with E-state index < -0.39 is 16.1 Å². The summed E-state index contributed by atoms with van der Waals surface area (Å²) >= 11 is 0. The van der Waals surface area contributed by atoms with Gasteiger partial charge in [-0.25, -0.2) is 17.9 Å². The minimum atomic E-state index is -3.82. The lowest BCUT2D eigenvalue weighted by molar-refractivity contribution is 0.151. The van der Waals surface area contributed by atoms with Gasteiger partial charge in [0.2, 0.25) is 0 Å². The Labute approximate surface area is 101 Å². The second kappa shape index (κ2) is 6.24. The lowest BCUT2D eigenvalue weighted by Crippen LogP contribution is -2.31. The van der Waals surface area contributed by atoms with Crippen LogP contribution in [0.25, 0.3) is 0 Å². The molecule has 0 spiro atoms. The van der Waals surface area contributed by atoms with E-state index in [1.165, 1.54) is 12.1 Å². The number of hydrogen-bond acceptors (Lipinski definition) is 4. The molecule has 0 unspecified atom stereocenters. The van der Waals surface area contributed by atoms with E-state index in [0.717, 1.165) is 6.42 Å². The van der Waals surface area contributed by atoms with Gasteiger partial charge in [0.25, 0.3) is 10.0 Å². The molecule has 0 saturated heterocycles. The minimum Gasteiger partial charge on any atom is -0.449 e. The highest BCUT2D eigenvalue weighted by molar-refractivity contribution is 7.90. The van der Waals surface area contributed by atoms with Crippen LogP contribution in [0, 0.1) is 0 Å². The third-order valence-corrected chi connectivity index (χ3v) is 3.33. The molecule has 0 radical (unpaired) electrons. The van der Waals surface area contributed by atoms with Crippen molar-refractivity contribution in [3.05, 3.63) is 30.3 Å². The van der Waals surface area contributed by atoms with Crippen molar-refractivity contribution in [3.63, 3.8) is 0 Å². The van der Waals surface area contributed by atoms with Crippen LogP contribution in [-0.2, 0) is 14.8 Å². The summed E-state index contributed by atoms with van der Waals surface area (Å²) in [6, 6.07) is 7.66. The Bertz CT molecular complexity index is 456. The lowest BCUT2D eigenvalue weighted by atomic mass is 10.4. The van der Waals surface area contributed by atoms with E-state index in [-0.39, 0.29) is 11.5 Å². The predicted octanol–water partition coefficient (Wildman–Crippen LogP) is 1.90. The molecule has 1 N–H and O–H groups in total. The van der Waals surface area contributed by atoms with E-state index in [0.29, 0.717) is 6.42 Å².